The summed E-state index contributed by atoms with van der Waals surface area (Å²) in [4.78, 5) is 29.4. The number of nitrogens with zero attached hydrogens (tertiary/aromatic N) is 2. The molecule has 1 aromatic heterocycles. The van der Waals surface area contributed by atoms with Crippen molar-refractivity contribution in [2.75, 3.05) is 6.54 Å². The minimum atomic E-state index is -0.927. The monoisotopic (exact) mass is 262 g/mol. The summed E-state index contributed by atoms with van der Waals surface area (Å²) in [5, 5.41) is 9.28. The number of pyridine rings is 1. The summed E-state index contributed by atoms with van der Waals surface area (Å²) >= 11 is 0. The van der Waals surface area contributed by atoms with E-state index in [9.17, 15) is 14.7 Å². The third-order valence-corrected chi connectivity index (χ3v) is 3.51. The lowest BCUT2D eigenvalue weighted by Gasteiger charge is -2.27. The van der Waals surface area contributed by atoms with Gasteiger partial charge in [-0.1, -0.05) is 18.9 Å². The molecular formula is C14H18N2O3. The number of rotatable bonds is 2. The van der Waals surface area contributed by atoms with Crippen LogP contribution in [0.25, 0.3) is 0 Å². The SMILES string of the molecule is Cc1cccnc1C(=O)N1CCCCCC1C(=O)O. The third-order valence-electron chi connectivity index (χ3n) is 3.51. The number of likely N-dealkylation sites (tertiary alicyclic amines) is 1. The number of aryl methyl sites for hydroxylation is 1. The Morgan fingerprint density at radius 1 is 1.37 bits per heavy atom. The van der Waals surface area contributed by atoms with Gasteiger partial charge in [-0.15, -0.1) is 0 Å². The molecule has 0 aromatic carbocycles. The Morgan fingerprint density at radius 3 is 2.84 bits per heavy atom. The number of aromatic nitrogens is 1. The van der Waals surface area contributed by atoms with Crippen LogP contribution in [-0.4, -0.2) is 39.5 Å². The van der Waals surface area contributed by atoms with Gasteiger partial charge in [-0.3, -0.25) is 9.78 Å². The summed E-state index contributed by atoms with van der Waals surface area (Å²) < 4.78 is 0. The highest BCUT2D eigenvalue weighted by atomic mass is 16.4. The van der Waals surface area contributed by atoms with Crippen molar-refractivity contribution >= 4 is 11.9 Å². The quantitative estimate of drug-likeness (QED) is 0.883. The van der Waals surface area contributed by atoms with Gasteiger partial charge in [0, 0.05) is 12.7 Å². The molecule has 0 aliphatic carbocycles. The molecule has 2 rings (SSSR count). The molecule has 0 radical (unpaired) electrons. The van der Waals surface area contributed by atoms with E-state index in [0.29, 0.717) is 18.7 Å². The Hall–Kier alpha value is -1.91. The summed E-state index contributed by atoms with van der Waals surface area (Å²) in [6.45, 7) is 2.31. The maximum absolute atomic E-state index is 12.5. The molecule has 5 nitrogen and oxygen atoms in total. The van der Waals surface area contributed by atoms with Gasteiger partial charge in [0.2, 0.25) is 0 Å². The van der Waals surface area contributed by atoms with Crippen LogP contribution in [0, 0.1) is 6.92 Å². The van der Waals surface area contributed by atoms with Gasteiger partial charge in [-0.2, -0.15) is 0 Å². The lowest BCUT2D eigenvalue weighted by molar-refractivity contribution is -0.142. The minimum absolute atomic E-state index is 0.271. The first-order valence-electron chi connectivity index (χ1n) is 6.56. The molecule has 19 heavy (non-hydrogen) atoms. The molecule has 1 unspecified atom stereocenters. The van der Waals surface area contributed by atoms with Gasteiger partial charge in [-0.05, 0) is 31.4 Å². The summed E-state index contributed by atoms with van der Waals surface area (Å²) in [5.74, 6) is -1.20. The average Bonchev–Trinajstić information content (AvgIpc) is 2.64. The van der Waals surface area contributed by atoms with Crippen molar-refractivity contribution in [3.8, 4) is 0 Å². The maximum Gasteiger partial charge on any atom is 0.326 e. The summed E-state index contributed by atoms with van der Waals surface area (Å²) in [5.41, 5.74) is 1.14. The Bertz CT molecular complexity index is 487. The summed E-state index contributed by atoms with van der Waals surface area (Å²) in [6, 6.07) is 2.85. The molecular weight excluding hydrogens is 244 g/mol. The number of carboxylic acid groups (broad SMARTS) is 1. The first-order chi connectivity index (χ1) is 9.11. The lowest BCUT2D eigenvalue weighted by atomic mass is 10.1. The molecule has 1 amide bonds. The first-order valence-corrected chi connectivity index (χ1v) is 6.56. The van der Waals surface area contributed by atoms with Crippen LogP contribution >= 0.6 is 0 Å². The lowest BCUT2D eigenvalue weighted by Crippen LogP contribution is -2.45. The molecule has 1 N–H and O–H groups in total. The molecule has 102 valence electrons. The smallest absolute Gasteiger partial charge is 0.326 e. The van der Waals surface area contributed by atoms with Crippen LogP contribution in [0.3, 0.4) is 0 Å². The van der Waals surface area contributed by atoms with Gasteiger partial charge in [0.15, 0.2) is 0 Å². The summed E-state index contributed by atoms with van der Waals surface area (Å²) in [6.07, 6.45) is 4.75. The Labute approximate surface area is 112 Å². The Kier molecular flexibility index (Phi) is 4.14. The number of hydrogen-bond acceptors (Lipinski definition) is 3. The van der Waals surface area contributed by atoms with Crippen molar-refractivity contribution < 1.29 is 14.7 Å². The second kappa shape index (κ2) is 5.82. The standard InChI is InChI=1S/C14H18N2O3/c1-10-6-5-8-15-12(10)13(17)16-9-4-2-3-7-11(16)14(18)19/h5-6,8,11H,2-4,7,9H2,1H3,(H,18,19). The van der Waals surface area contributed by atoms with Crippen LogP contribution in [0.15, 0.2) is 18.3 Å². The van der Waals surface area contributed by atoms with E-state index in [0.717, 1.165) is 24.8 Å². The van der Waals surface area contributed by atoms with E-state index in [2.05, 4.69) is 4.98 Å². The van der Waals surface area contributed by atoms with Crippen molar-refractivity contribution in [3.05, 3.63) is 29.6 Å². The molecule has 0 bridgehead atoms. The largest absolute Gasteiger partial charge is 0.480 e. The Balaban J connectivity index is 2.29. The van der Waals surface area contributed by atoms with E-state index in [1.807, 2.05) is 13.0 Å². The fraction of sp³-hybridized carbons (Fsp3) is 0.500. The zero-order valence-corrected chi connectivity index (χ0v) is 11.0. The molecule has 5 heteroatoms. The summed E-state index contributed by atoms with van der Waals surface area (Å²) in [7, 11) is 0. The molecule has 1 aromatic rings. The van der Waals surface area contributed by atoms with Crippen molar-refractivity contribution in [2.45, 2.75) is 38.6 Å². The fourth-order valence-electron chi connectivity index (χ4n) is 2.45. The number of aliphatic carboxylic acids is 1. The average molecular weight is 262 g/mol. The van der Waals surface area contributed by atoms with Gasteiger partial charge in [-0.25, -0.2) is 4.79 Å². The molecule has 1 fully saturated rings. The van der Waals surface area contributed by atoms with Gasteiger partial charge in [0.25, 0.3) is 5.91 Å². The number of carbonyl (C=O) groups is 2. The zero-order valence-electron chi connectivity index (χ0n) is 11.0. The van der Waals surface area contributed by atoms with Crippen LogP contribution < -0.4 is 0 Å². The van der Waals surface area contributed by atoms with Crippen molar-refractivity contribution in [1.29, 1.82) is 0 Å². The van der Waals surface area contributed by atoms with Gasteiger partial charge in [0.1, 0.15) is 11.7 Å². The predicted octanol–water partition coefficient (Wildman–Crippen LogP) is 1.86. The van der Waals surface area contributed by atoms with E-state index in [1.165, 1.54) is 4.90 Å². The van der Waals surface area contributed by atoms with Crippen LogP contribution in [0.1, 0.15) is 41.7 Å². The Morgan fingerprint density at radius 2 is 2.16 bits per heavy atom. The third kappa shape index (κ3) is 2.92. The molecule has 1 atom stereocenters. The van der Waals surface area contributed by atoms with E-state index >= 15 is 0 Å². The van der Waals surface area contributed by atoms with Gasteiger partial charge < -0.3 is 10.0 Å². The second-order valence-corrected chi connectivity index (χ2v) is 4.87. The molecule has 2 heterocycles. The fourth-order valence-corrected chi connectivity index (χ4v) is 2.45. The number of hydrogen-bond donors (Lipinski definition) is 1. The molecule has 1 aliphatic heterocycles. The molecule has 0 spiro atoms. The van der Waals surface area contributed by atoms with Crippen LogP contribution in [0.5, 0.6) is 0 Å². The molecule has 1 aliphatic rings. The van der Waals surface area contributed by atoms with Crippen LogP contribution in [-0.2, 0) is 4.79 Å². The minimum Gasteiger partial charge on any atom is -0.480 e. The first kappa shape index (κ1) is 13.5. The van der Waals surface area contributed by atoms with Gasteiger partial charge >= 0.3 is 5.97 Å². The maximum atomic E-state index is 12.5. The van der Waals surface area contributed by atoms with E-state index in [4.69, 9.17) is 0 Å². The van der Waals surface area contributed by atoms with Crippen molar-refractivity contribution in [2.24, 2.45) is 0 Å². The van der Waals surface area contributed by atoms with E-state index in [-0.39, 0.29) is 5.91 Å². The highest BCUT2D eigenvalue weighted by Crippen LogP contribution is 2.20. The van der Waals surface area contributed by atoms with E-state index < -0.39 is 12.0 Å². The van der Waals surface area contributed by atoms with Crippen LogP contribution in [0.4, 0.5) is 0 Å². The normalized spacial score (nSPS) is 19.8. The van der Waals surface area contributed by atoms with Gasteiger partial charge in [0.05, 0.1) is 0 Å². The molecule has 0 saturated carbocycles. The van der Waals surface area contributed by atoms with Crippen molar-refractivity contribution in [3.63, 3.8) is 0 Å². The highest BCUT2D eigenvalue weighted by molar-refractivity contribution is 5.96. The van der Waals surface area contributed by atoms with Crippen LogP contribution in [0.2, 0.25) is 0 Å². The molecule has 1 saturated heterocycles. The number of carboxylic acids is 1. The zero-order chi connectivity index (χ0) is 13.8. The van der Waals surface area contributed by atoms with E-state index in [1.54, 1.807) is 12.3 Å². The predicted molar refractivity (Wildman–Crippen MR) is 69.9 cm³/mol. The number of amides is 1. The topological polar surface area (TPSA) is 70.5 Å². The number of carbonyl (C=O) groups excluding carboxylic acids is 1. The van der Waals surface area contributed by atoms with Crippen molar-refractivity contribution in [1.82, 2.24) is 9.88 Å². The second-order valence-electron chi connectivity index (χ2n) is 4.87. The highest BCUT2D eigenvalue weighted by Gasteiger charge is 2.32.